The predicted molar refractivity (Wildman–Crippen MR) is 105 cm³/mol. The molecule has 4 rings (SSSR count). The highest BCUT2D eigenvalue weighted by Gasteiger charge is 2.53. The zero-order chi connectivity index (χ0) is 19.7. The average molecular weight is 401 g/mol. The maximum absolute atomic E-state index is 13.2. The Morgan fingerprint density at radius 2 is 1.89 bits per heavy atom. The number of imide groups is 1. The monoisotopic (exact) mass is 400 g/mol. The molecule has 1 N–H and O–H groups in total. The van der Waals surface area contributed by atoms with Gasteiger partial charge in [0.05, 0.1) is 13.7 Å². The van der Waals surface area contributed by atoms with Crippen LogP contribution in [0, 0.1) is 0 Å². The molecule has 6 nitrogen and oxygen atoms in total. The van der Waals surface area contributed by atoms with E-state index < -0.39 is 5.54 Å². The molecule has 0 aromatic heterocycles. The fraction of sp³-hybridized carbons (Fsp3) is 0.333. The van der Waals surface area contributed by atoms with Gasteiger partial charge in [-0.1, -0.05) is 17.7 Å². The number of urea groups is 1. The van der Waals surface area contributed by atoms with Crippen molar-refractivity contribution in [1.82, 2.24) is 10.2 Å². The third kappa shape index (κ3) is 3.18. The first-order valence-corrected chi connectivity index (χ1v) is 9.61. The van der Waals surface area contributed by atoms with Gasteiger partial charge in [-0.25, -0.2) is 4.79 Å². The van der Waals surface area contributed by atoms with Gasteiger partial charge in [-0.2, -0.15) is 0 Å². The van der Waals surface area contributed by atoms with E-state index in [1.807, 2.05) is 18.2 Å². The minimum Gasteiger partial charge on any atom is -0.497 e. The van der Waals surface area contributed by atoms with Gasteiger partial charge in [-0.05, 0) is 66.8 Å². The molecule has 0 bridgehead atoms. The number of amides is 3. The van der Waals surface area contributed by atoms with Crippen molar-refractivity contribution in [3.8, 4) is 11.5 Å². The molecule has 1 heterocycles. The van der Waals surface area contributed by atoms with Crippen molar-refractivity contribution in [2.45, 2.75) is 24.8 Å². The first kappa shape index (κ1) is 18.6. The van der Waals surface area contributed by atoms with Crippen molar-refractivity contribution in [3.63, 3.8) is 0 Å². The molecule has 2 aromatic carbocycles. The first-order valence-electron chi connectivity index (χ1n) is 9.23. The number of aryl methyl sites for hydroxylation is 1. The van der Waals surface area contributed by atoms with Crippen LogP contribution in [0.2, 0.25) is 5.02 Å². The molecule has 2 aromatic rings. The highest BCUT2D eigenvalue weighted by atomic mass is 35.5. The molecule has 1 spiro atoms. The smallest absolute Gasteiger partial charge is 0.325 e. The van der Waals surface area contributed by atoms with E-state index in [0.717, 1.165) is 29.7 Å². The molecule has 146 valence electrons. The lowest BCUT2D eigenvalue weighted by molar-refractivity contribution is -0.132. The van der Waals surface area contributed by atoms with Crippen LogP contribution in [0.5, 0.6) is 11.5 Å². The molecule has 1 aliphatic heterocycles. The van der Waals surface area contributed by atoms with Crippen LogP contribution in [0.25, 0.3) is 0 Å². The van der Waals surface area contributed by atoms with Crippen molar-refractivity contribution in [2.24, 2.45) is 0 Å². The third-order valence-electron chi connectivity index (χ3n) is 5.34. The Kier molecular flexibility index (Phi) is 4.89. The van der Waals surface area contributed by atoms with Crippen molar-refractivity contribution < 1.29 is 19.1 Å². The molecule has 1 aliphatic carbocycles. The maximum atomic E-state index is 13.2. The standard InChI is InChI=1S/C21H21ClN2O4/c1-27-17-8-9-18-14(13-17)3-2-10-21(18)19(25)24(20(26)23-21)11-12-28-16-6-4-15(22)5-7-16/h4-9,13H,2-3,10-12H2,1H3,(H,23,26)/t21-/m1/s1. The minimum atomic E-state index is -0.989. The summed E-state index contributed by atoms with van der Waals surface area (Å²) in [6.07, 6.45) is 2.27. The predicted octanol–water partition coefficient (Wildman–Crippen LogP) is 3.51. The average Bonchev–Trinajstić information content (AvgIpc) is 2.94. The third-order valence-corrected chi connectivity index (χ3v) is 5.60. The molecule has 1 atom stereocenters. The Bertz CT molecular complexity index is 915. The van der Waals surface area contributed by atoms with E-state index in [1.165, 1.54) is 4.90 Å². The summed E-state index contributed by atoms with van der Waals surface area (Å²) in [6, 6.07) is 12.2. The summed E-state index contributed by atoms with van der Waals surface area (Å²) >= 11 is 5.86. The number of hydrogen-bond acceptors (Lipinski definition) is 4. The highest BCUT2D eigenvalue weighted by Crippen LogP contribution is 2.41. The number of nitrogens with one attached hydrogen (secondary N) is 1. The molecular formula is C21H21ClN2O4. The summed E-state index contributed by atoms with van der Waals surface area (Å²) in [5.74, 6) is 1.17. The number of ether oxygens (including phenoxy) is 2. The number of halogens is 1. The largest absolute Gasteiger partial charge is 0.497 e. The van der Waals surface area contributed by atoms with Gasteiger partial charge in [0.25, 0.3) is 5.91 Å². The van der Waals surface area contributed by atoms with Crippen LogP contribution >= 0.6 is 11.6 Å². The highest BCUT2D eigenvalue weighted by molar-refractivity contribution is 6.30. The number of benzene rings is 2. The molecule has 2 aliphatic rings. The van der Waals surface area contributed by atoms with E-state index in [1.54, 1.807) is 31.4 Å². The zero-order valence-corrected chi connectivity index (χ0v) is 16.3. The van der Waals surface area contributed by atoms with Crippen molar-refractivity contribution in [1.29, 1.82) is 0 Å². The molecule has 1 fully saturated rings. The van der Waals surface area contributed by atoms with Gasteiger partial charge in [-0.15, -0.1) is 0 Å². The van der Waals surface area contributed by atoms with Crippen molar-refractivity contribution in [2.75, 3.05) is 20.3 Å². The lowest BCUT2D eigenvalue weighted by atomic mass is 9.76. The van der Waals surface area contributed by atoms with Crippen LogP contribution in [0.4, 0.5) is 4.79 Å². The Labute approximate surface area is 168 Å². The fourth-order valence-corrected chi connectivity index (χ4v) is 4.09. The van der Waals surface area contributed by atoms with E-state index in [0.29, 0.717) is 17.2 Å². The second-order valence-electron chi connectivity index (χ2n) is 6.97. The van der Waals surface area contributed by atoms with Gasteiger partial charge >= 0.3 is 6.03 Å². The fourth-order valence-electron chi connectivity index (χ4n) is 3.97. The lowest BCUT2D eigenvalue weighted by Crippen LogP contribution is -2.46. The first-order chi connectivity index (χ1) is 13.5. The Morgan fingerprint density at radius 3 is 2.64 bits per heavy atom. The van der Waals surface area contributed by atoms with Gasteiger partial charge in [0, 0.05) is 5.02 Å². The summed E-state index contributed by atoms with van der Waals surface area (Å²) in [6.45, 7) is 0.396. The van der Waals surface area contributed by atoms with Gasteiger partial charge in [0.15, 0.2) is 0 Å². The molecule has 0 saturated carbocycles. The van der Waals surface area contributed by atoms with Crippen LogP contribution < -0.4 is 14.8 Å². The number of nitrogens with zero attached hydrogens (tertiary/aromatic N) is 1. The van der Waals surface area contributed by atoms with E-state index >= 15 is 0 Å². The zero-order valence-electron chi connectivity index (χ0n) is 15.5. The van der Waals surface area contributed by atoms with Gasteiger partial charge in [0.2, 0.25) is 0 Å². The topological polar surface area (TPSA) is 67.9 Å². The van der Waals surface area contributed by atoms with Gasteiger partial charge < -0.3 is 14.8 Å². The SMILES string of the molecule is COc1ccc2c(c1)CCC[C@@]21NC(=O)N(CCOc2ccc(Cl)cc2)C1=O. The summed E-state index contributed by atoms with van der Waals surface area (Å²) in [5, 5.41) is 3.56. The Hall–Kier alpha value is -2.73. The summed E-state index contributed by atoms with van der Waals surface area (Å²) in [4.78, 5) is 27.1. The molecule has 7 heteroatoms. The van der Waals surface area contributed by atoms with E-state index in [9.17, 15) is 9.59 Å². The summed E-state index contributed by atoms with van der Waals surface area (Å²) in [7, 11) is 1.62. The molecule has 1 saturated heterocycles. The quantitative estimate of drug-likeness (QED) is 0.780. The molecule has 3 amide bonds. The number of hydrogen-bond donors (Lipinski definition) is 1. The van der Waals surface area contributed by atoms with Crippen LogP contribution in [-0.4, -0.2) is 37.1 Å². The Balaban J connectivity index is 1.50. The number of carbonyl (C=O) groups excluding carboxylic acids is 2. The van der Waals surface area contributed by atoms with Gasteiger partial charge in [0.1, 0.15) is 23.6 Å². The molecular weight excluding hydrogens is 380 g/mol. The van der Waals surface area contributed by atoms with Crippen molar-refractivity contribution >= 4 is 23.5 Å². The van der Waals surface area contributed by atoms with E-state index in [2.05, 4.69) is 5.32 Å². The molecule has 0 radical (unpaired) electrons. The molecule has 0 unspecified atom stereocenters. The van der Waals surface area contributed by atoms with Crippen molar-refractivity contribution in [3.05, 3.63) is 58.6 Å². The number of fused-ring (bicyclic) bond motifs is 2. The normalized spacial score (nSPS) is 20.9. The summed E-state index contributed by atoms with van der Waals surface area (Å²) < 4.78 is 10.9. The number of methoxy groups -OCH3 is 1. The van der Waals surface area contributed by atoms with Crippen LogP contribution in [-0.2, 0) is 16.8 Å². The van der Waals surface area contributed by atoms with Crippen LogP contribution in [0.3, 0.4) is 0 Å². The van der Waals surface area contributed by atoms with E-state index in [-0.39, 0.29) is 25.1 Å². The van der Waals surface area contributed by atoms with Gasteiger partial charge in [-0.3, -0.25) is 9.69 Å². The van der Waals surface area contributed by atoms with Crippen LogP contribution in [0.1, 0.15) is 24.0 Å². The van der Waals surface area contributed by atoms with E-state index in [4.69, 9.17) is 21.1 Å². The lowest BCUT2D eigenvalue weighted by Gasteiger charge is -2.33. The second kappa shape index (κ2) is 7.36. The Morgan fingerprint density at radius 1 is 1.14 bits per heavy atom. The number of rotatable bonds is 5. The second-order valence-corrected chi connectivity index (χ2v) is 7.41. The van der Waals surface area contributed by atoms with Crippen LogP contribution in [0.15, 0.2) is 42.5 Å². The minimum absolute atomic E-state index is 0.181. The molecule has 28 heavy (non-hydrogen) atoms. The number of carbonyl (C=O) groups is 2. The summed E-state index contributed by atoms with van der Waals surface area (Å²) in [5.41, 5.74) is 0.912. The maximum Gasteiger partial charge on any atom is 0.325 e.